The highest BCUT2D eigenvalue weighted by atomic mass is 19.4. The molecule has 0 unspecified atom stereocenters. The third-order valence-electron chi connectivity index (χ3n) is 1.56. The second kappa shape index (κ2) is 3.55. The Morgan fingerprint density at radius 1 is 1.33 bits per heavy atom. The minimum absolute atomic E-state index is 0.410. The van der Waals surface area contributed by atoms with Crippen molar-refractivity contribution < 1.29 is 22.0 Å². The molecule has 0 spiro atoms. The quantitative estimate of drug-likeness (QED) is 0.689. The van der Waals surface area contributed by atoms with Crippen LogP contribution in [0.1, 0.15) is 0 Å². The lowest BCUT2D eigenvalue weighted by molar-refractivity contribution is -0.285. The zero-order chi connectivity index (χ0) is 11.7. The lowest BCUT2D eigenvalue weighted by Crippen LogP contribution is -2.55. The van der Waals surface area contributed by atoms with Crippen molar-refractivity contribution in [1.29, 1.82) is 0 Å². The Kier molecular flexibility index (Phi) is 2.73. The van der Waals surface area contributed by atoms with Crippen molar-refractivity contribution in [1.82, 2.24) is 10.4 Å². The zero-order valence-electron chi connectivity index (χ0n) is 7.22. The van der Waals surface area contributed by atoms with E-state index in [1.165, 1.54) is 0 Å². The van der Waals surface area contributed by atoms with E-state index in [0.29, 0.717) is 5.01 Å². The molecule has 1 aliphatic heterocycles. The molecule has 0 saturated heterocycles. The predicted octanol–water partition coefficient (Wildman–Crippen LogP) is 0.790. The summed E-state index contributed by atoms with van der Waals surface area (Å²) in [6.07, 6.45) is -3.39. The summed E-state index contributed by atoms with van der Waals surface area (Å²) in [7, 11) is 0. The van der Waals surface area contributed by atoms with Crippen molar-refractivity contribution in [3.63, 3.8) is 0 Å². The van der Waals surface area contributed by atoms with Crippen LogP contribution >= 0.6 is 0 Å². The topological polar surface area (TPSA) is 53.6 Å². The zero-order valence-corrected chi connectivity index (χ0v) is 7.22. The van der Waals surface area contributed by atoms with Gasteiger partial charge in [-0.15, -0.1) is 0 Å². The standard InChI is InChI=1S/C6H7F5N4/c7-5(8,6(9,10)11)3-15-4(12)13-1-2-14-15/h1-2,14H,3H2,(H2,12,13). The molecule has 0 fully saturated rings. The summed E-state index contributed by atoms with van der Waals surface area (Å²) in [5, 5.41) is 0.410. The Morgan fingerprint density at radius 2 is 1.93 bits per heavy atom. The monoisotopic (exact) mass is 230 g/mol. The number of guanidine groups is 1. The lowest BCUT2D eigenvalue weighted by atomic mass is 10.3. The molecular formula is C6H7F5N4. The molecule has 0 bridgehead atoms. The van der Waals surface area contributed by atoms with Crippen LogP contribution in [0.25, 0.3) is 0 Å². The maximum atomic E-state index is 12.5. The fourth-order valence-corrected chi connectivity index (χ4v) is 0.788. The van der Waals surface area contributed by atoms with E-state index < -0.39 is 24.6 Å². The average Bonchev–Trinajstić information content (AvgIpc) is 2.06. The molecule has 4 nitrogen and oxygen atoms in total. The molecular weight excluding hydrogens is 223 g/mol. The number of rotatable bonds is 2. The predicted molar refractivity (Wildman–Crippen MR) is 41.6 cm³/mol. The molecule has 0 aromatic heterocycles. The van der Waals surface area contributed by atoms with Gasteiger partial charge < -0.3 is 11.2 Å². The molecule has 0 amide bonds. The molecule has 0 radical (unpaired) electrons. The maximum absolute atomic E-state index is 12.5. The average molecular weight is 230 g/mol. The Hall–Kier alpha value is -1.54. The Bertz CT molecular complexity index is 294. The molecule has 3 N–H and O–H groups in total. The van der Waals surface area contributed by atoms with E-state index in [9.17, 15) is 22.0 Å². The highest BCUT2D eigenvalue weighted by molar-refractivity contribution is 5.78. The molecule has 86 valence electrons. The summed E-state index contributed by atoms with van der Waals surface area (Å²) < 4.78 is 60.5. The van der Waals surface area contributed by atoms with Crippen LogP contribution in [0, 0.1) is 0 Å². The SMILES string of the molecule is NC1=NC=CNN1CC(F)(F)C(F)(F)F. The van der Waals surface area contributed by atoms with Gasteiger partial charge in [-0.25, -0.2) is 4.99 Å². The van der Waals surface area contributed by atoms with Crippen LogP contribution in [0.3, 0.4) is 0 Å². The second-order valence-electron chi connectivity index (χ2n) is 2.72. The summed E-state index contributed by atoms with van der Waals surface area (Å²) in [4.78, 5) is 3.35. The first-order valence-electron chi connectivity index (χ1n) is 3.70. The van der Waals surface area contributed by atoms with E-state index in [1.807, 2.05) is 0 Å². The van der Waals surface area contributed by atoms with E-state index in [-0.39, 0.29) is 0 Å². The van der Waals surface area contributed by atoms with Crippen molar-refractivity contribution in [2.75, 3.05) is 6.54 Å². The van der Waals surface area contributed by atoms with Crippen LogP contribution in [-0.2, 0) is 0 Å². The lowest BCUT2D eigenvalue weighted by Gasteiger charge is -2.29. The van der Waals surface area contributed by atoms with Gasteiger partial charge in [0.05, 0.1) is 0 Å². The third-order valence-corrected chi connectivity index (χ3v) is 1.56. The van der Waals surface area contributed by atoms with E-state index in [2.05, 4.69) is 10.4 Å². The molecule has 1 heterocycles. The van der Waals surface area contributed by atoms with Crippen molar-refractivity contribution in [3.8, 4) is 0 Å². The highest BCUT2D eigenvalue weighted by Gasteiger charge is 2.58. The van der Waals surface area contributed by atoms with Gasteiger partial charge in [0.25, 0.3) is 0 Å². The largest absolute Gasteiger partial charge is 0.455 e. The normalized spacial score (nSPS) is 17.4. The highest BCUT2D eigenvalue weighted by Crippen LogP contribution is 2.35. The number of alkyl halides is 5. The second-order valence-corrected chi connectivity index (χ2v) is 2.72. The van der Waals surface area contributed by atoms with Gasteiger partial charge in [-0.3, -0.25) is 5.01 Å². The number of halogens is 5. The number of aliphatic imine (C=N–C) groups is 1. The fourth-order valence-electron chi connectivity index (χ4n) is 0.788. The summed E-state index contributed by atoms with van der Waals surface area (Å²) >= 11 is 0. The van der Waals surface area contributed by atoms with Gasteiger partial charge in [0.1, 0.15) is 6.54 Å². The molecule has 0 saturated carbocycles. The minimum Gasteiger partial charge on any atom is -0.368 e. The molecule has 1 rings (SSSR count). The van der Waals surface area contributed by atoms with E-state index in [1.54, 1.807) is 0 Å². The third kappa shape index (κ3) is 2.48. The Morgan fingerprint density at radius 3 is 2.40 bits per heavy atom. The van der Waals surface area contributed by atoms with Crippen LogP contribution in [0.5, 0.6) is 0 Å². The van der Waals surface area contributed by atoms with Crippen LogP contribution in [-0.4, -0.2) is 29.6 Å². The first kappa shape index (κ1) is 11.5. The van der Waals surface area contributed by atoms with Crippen molar-refractivity contribution in [3.05, 3.63) is 12.4 Å². The van der Waals surface area contributed by atoms with Gasteiger partial charge in [0, 0.05) is 12.4 Å². The van der Waals surface area contributed by atoms with Crippen LogP contribution in [0.15, 0.2) is 17.4 Å². The summed E-state index contributed by atoms with van der Waals surface area (Å²) in [6.45, 7) is -1.63. The van der Waals surface area contributed by atoms with Crippen molar-refractivity contribution in [2.24, 2.45) is 10.7 Å². The first-order valence-corrected chi connectivity index (χ1v) is 3.70. The molecule has 0 aromatic carbocycles. The molecule has 1 aliphatic rings. The Labute approximate surface area is 81.2 Å². The maximum Gasteiger partial charge on any atom is 0.455 e. The summed E-state index contributed by atoms with van der Waals surface area (Å²) in [5.74, 6) is -5.31. The minimum atomic E-state index is -5.61. The van der Waals surface area contributed by atoms with Gasteiger partial charge in [-0.2, -0.15) is 22.0 Å². The summed E-state index contributed by atoms with van der Waals surface area (Å²) in [6, 6.07) is 0. The Balaban J connectivity index is 2.70. The van der Waals surface area contributed by atoms with Gasteiger partial charge in [0.2, 0.25) is 5.96 Å². The van der Waals surface area contributed by atoms with Crippen LogP contribution in [0.4, 0.5) is 22.0 Å². The van der Waals surface area contributed by atoms with E-state index in [0.717, 1.165) is 12.4 Å². The molecule has 0 aromatic rings. The van der Waals surface area contributed by atoms with Crippen LogP contribution < -0.4 is 11.2 Å². The van der Waals surface area contributed by atoms with E-state index in [4.69, 9.17) is 5.73 Å². The van der Waals surface area contributed by atoms with Crippen molar-refractivity contribution in [2.45, 2.75) is 12.1 Å². The number of nitrogens with zero attached hydrogens (tertiary/aromatic N) is 2. The molecule has 0 aliphatic carbocycles. The van der Waals surface area contributed by atoms with Gasteiger partial charge in [0.15, 0.2) is 0 Å². The first-order chi connectivity index (χ1) is 6.74. The van der Waals surface area contributed by atoms with Gasteiger partial charge in [-0.1, -0.05) is 0 Å². The number of hydrazine groups is 1. The van der Waals surface area contributed by atoms with E-state index >= 15 is 0 Å². The van der Waals surface area contributed by atoms with Gasteiger partial charge >= 0.3 is 12.1 Å². The smallest absolute Gasteiger partial charge is 0.368 e. The molecule has 0 atom stereocenters. The molecule has 15 heavy (non-hydrogen) atoms. The fraction of sp³-hybridized carbons (Fsp3) is 0.500. The summed E-state index contributed by atoms with van der Waals surface area (Å²) in [5.41, 5.74) is 7.20. The number of nitrogens with one attached hydrogen (secondary N) is 1. The molecule has 9 heteroatoms. The number of hydrogen-bond acceptors (Lipinski definition) is 4. The number of nitrogens with two attached hydrogens (primary N) is 1. The number of hydrogen-bond donors (Lipinski definition) is 2. The van der Waals surface area contributed by atoms with Gasteiger partial charge in [-0.05, 0) is 0 Å². The van der Waals surface area contributed by atoms with Crippen molar-refractivity contribution >= 4 is 5.96 Å². The van der Waals surface area contributed by atoms with Crippen LogP contribution in [0.2, 0.25) is 0 Å².